The molecule has 5 nitrogen and oxygen atoms in total. The van der Waals surface area contributed by atoms with Crippen molar-refractivity contribution >= 4 is 29.0 Å². The average molecular weight is 323 g/mol. The van der Waals surface area contributed by atoms with Gasteiger partial charge in [0, 0.05) is 28.5 Å². The number of pyridine rings is 1. The second-order valence-corrected chi connectivity index (χ2v) is 6.27. The molecule has 2 aromatic heterocycles. The van der Waals surface area contributed by atoms with Gasteiger partial charge in [-0.05, 0) is 18.7 Å². The number of aromatic amines is 1. The third-order valence-corrected chi connectivity index (χ3v) is 4.48. The second-order valence-electron chi connectivity index (χ2n) is 4.46. The number of aromatic nitrogens is 2. The Kier molecular flexibility index (Phi) is 5.58. The van der Waals surface area contributed by atoms with Crippen LogP contribution in [0.25, 0.3) is 0 Å². The number of thiazole rings is 1. The minimum absolute atomic E-state index is 0.254. The van der Waals surface area contributed by atoms with Gasteiger partial charge in [0.1, 0.15) is 5.01 Å². The average Bonchev–Trinajstić information content (AvgIpc) is 2.92. The van der Waals surface area contributed by atoms with Crippen molar-refractivity contribution in [1.82, 2.24) is 15.3 Å². The molecule has 2 heterocycles. The first-order valence-corrected chi connectivity index (χ1v) is 8.83. The highest BCUT2D eigenvalue weighted by atomic mass is 32.2. The summed E-state index contributed by atoms with van der Waals surface area (Å²) in [7, 11) is 0. The quantitative estimate of drug-likeness (QED) is 0.854. The molecular weight excluding hydrogens is 306 g/mol. The normalized spacial score (nSPS) is 10.6. The third-order valence-electron chi connectivity index (χ3n) is 2.84. The molecule has 2 N–H and O–H groups in total. The predicted molar refractivity (Wildman–Crippen MR) is 86.9 cm³/mol. The molecule has 0 spiro atoms. The maximum Gasteiger partial charge on any atom is 0.251 e. The molecule has 0 unspecified atom stereocenters. The van der Waals surface area contributed by atoms with Crippen LogP contribution in [-0.4, -0.2) is 22.1 Å². The number of hydrogen-bond acceptors (Lipinski definition) is 5. The Bertz CT molecular complexity index is 679. The molecule has 2 aromatic rings. The zero-order valence-electron chi connectivity index (χ0n) is 11.9. The van der Waals surface area contributed by atoms with Gasteiger partial charge >= 0.3 is 0 Å². The molecule has 0 aliphatic rings. The number of thioether (sulfide) groups is 1. The highest BCUT2D eigenvalue weighted by Gasteiger charge is 2.09. The van der Waals surface area contributed by atoms with Gasteiger partial charge in [-0.25, -0.2) is 4.98 Å². The van der Waals surface area contributed by atoms with Crippen LogP contribution in [0, 0.1) is 0 Å². The molecule has 112 valence electrons. The first kappa shape index (κ1) is 15.8. The SMILES string of the molecule is CCc1cc(C(=O)NCc2csc(CSC)n2)cc(=O)[nH]1. The summed E-state index contributed by atoms with van der Waals surface area (Å²) in [4.78, 5) is 30.7. The fourth-order valence-electron chi connectivity index (χ4n) is 1.82. The van der Waals surface area contributed by atoms with Crippen LogP contribution >= 0.6 is 23.1 Å². The summed E-state index contributed by atoms with van der Waals surface area (Å²) >= 11 is 3.31. The van der Waals surface area contributed by atoms with Gasteiger partial charge in [0.05, 0.1) is 12.2 Å². The van der Waals surface area contributed by atoms with Crippen LogP contribution in [-0.2, 0) is 18.7 Å². The lowest BCUT2D eigenvalue weighted by molar-refractivity contribution is 0.0950. The van der Waals surface area contributed by atoms with E-state index in [0.717, 1.165) is 22.1 Å². The maximum absolute atomic E-state index is 12.1. The van der Waals surface area contributed by atoms with E-state index in [0.29, 0.717) is 18.5 Å². The monoisotopic (exact) mass is 323 g/mol. The molecule has 0 aliphatic carbocycles. The first-order valence-electron chi connectivity index (χ1n) is 6.56. The first-order chi connectivity index (χ1) is 10.1. The summed E-state index contributed by atoms with van der Waals surface area (Å²) in [5.41, 5.74) is 1.73. The van der Waals surface area contributed by atoms with E-state index in [1.165, 1.54) is 6.07 Å². The molecule has 0 saturated heterocycles. The number of rotatable bonds is 6. The van der Waals surface area contributed by atoms with Crippen molar-refractivity contribution in [3.05, 3.63) is 49.8 Å². The zero-order valence-corrected chi connectivity index (χ0v) is 13.6. The summed E-state index contributed by atoms with van der Waals surface area (Å²) in [6, 6.07) is 3.02. The molecule has 1 amide bonds. The lowest BCUT2D eigenvalue weighted by Crippen LogP contribution is -2.25. The number of nitrogens with one attached hydrogen (secondary N) is 2. The van der Waals surface area contributed by atoms with E-state index in [4.69, 9.17) is 0 Å². The minimum atomic E-state index is -0.254. The summed E-state index contributed by atoms with van der Waals surface area (Å²) in [6.07, 6.45) is 2.71. The number of H-pyrrole nitrogens is 1. The summed E-state index contributed by atoms with van der Waals surface area (Å²) < 4.78 is 0. The maximum atomic E-state index is 12.1. The molecule has 0 fully saturated rings. The number of nitrogens with zero attached hydrogens (tertiary/aromatic N) is 1. The number of amides is 1. The van der Waals surface area contributed by atoms with Crippen LogP contribution in [0.5, 0.6) is 0 Å². The Morgan fingerprint density at radius 3 is 3.00 bits per heavy atom. The van der Waals surface area contributed by atoms with Gasteiger partial charge in [0.15, 0.2) is 0 Å². The molecule has 21 heavy (non-hydrogen) atoms. The van der Waals surface area contributed by atoms with Gasteiger partial charge in [0.25, 0.3) is 5.91 Å². The molecule has 2 rings (SSSR count). The summed E-state index contributed by atoms with van der Waals surface area (Å²) in [5.74, 6) is 0.627. The van der Waals surface area contributed by atoms with Crippen molar-refractivity contribution in [2.24, 2.45) is 0 Å². The smallest absolute Gasteiger partial charge is 0.251 e. The van der Waals surface area contributed by atoms with E-state index >= 15 is 0 Å². The van der Waals surface area contributed by atoms with Crippen molar-refractivity contribution in [1.29, 1.82) is 0 Å². The van der Waals surface area contributed by atoms with Gasteiger partial charge in [-0.15, -0.1) is 11.3 Å². The lowest BCUT2D eigenvalue weighted by atomic mass is 10.2. The number of carbonyl (C=O) groups excluding carboxylic acids is 1. The Balaban J connectivity index is 2.00. The summed E-state index contributed by atoms with van der Waals surface area (Å²) in [5, 5.41) is 5.79. The predicted octanol–water partition coefficient (Wildman–Crippen LogP) is 2.19. The zero-order chi connectivity index (χ0) is 15.2. The Morgan fingerprint density at radius 2 is 2.29 bits per heavy atom. The van der Waals surface area contributed by atoms with Crippen LogP contribution in [0.15, 0.2) is 22.3 Å². The van der Waals surface area contributed by atoms with E-state index in [1.807, 2.05) is 18.6 Å². The Hall–Kier alpha value is -1.60. The van der Waals surface area contributed by atoms with E-state index in [-0.39, 0.29) is 11.5 Å². The van der Waals surface area contributed by atoms with E-state index in [9.17, 15) is 9.59 Å². The van der Waals surface area contributed by atoms with Crippen molar-refractivity contribution < 1.29 is 4.79 Å². The topological polar surface area (TPSA) is 74.8 Å². The van der Waals surface area contributed by atoms with Gasteiger partial charge in [-0.3, -0.25) is 9.59 Å². The largest absolute Gasteiger partial charge is 0.346 e. The molecular formula is C14H17N3O2S2. The summed E-state index contributed by atoms with van der Waals surface area (Å²) in [6.45, 7) is 2.30. The molecule has 0 saturated carbocycles. The second kappa shape index (κ2) is 7.42. The lowest BCUT2D eigenvalue weighted by Gasteiger charge is -2.04. The fraction of sp³-hybridized carbons (Fsp3) is 0.357. The van der Waals surface area contributed by atoms with Crippen molar-refractivity contribution in [3.8, 4) is 0 Å². The van der Waals surface area contributed by atoms with Crippen molar-refractivity contribution in [3.63, 3.8) is 0 Å². The number of aryl methyl sites for hydroxylation is 1. The van der Waals surface area contributed by atoms with Crippen LogP contribution in [0.1, 0.15) is 33.7 Å². The van der Waals surface area contributed by atoms with Crippen LogP contribution in [0.3, 0.4) is 0 Å². The third kappa shape index (κ3) is 4.44. The van der Waals surface area contributed by atoms with Crippen LogP contribution in [0.2, 0.25) is 0 Å². The van der Waals surface area contributed by atoms with Crippen LogP contribution in [0.4, 0.5) is 0 Å². The molecule has 0 aliphatic heterocycles. The molecule has 0 bridgehead atoms. The molecule has 7 heteroatoms. The number of carbonyl (C=O) groups is 1. The number of hydrogen-bond donors (Lipinski definition) is 2. The van der Waals surface area contributed by atoms with E-state index in [1.54, 1.807) is 29.2 Å². The van der Waals surface area contributed by atoms with Crippen LogP contribution < -0.4 is 10.9 Å². The molecule has 0 aromatic carbocycles. The van der Waals surface area contributed by atoms with Gasteiger partial charge in [-0.1, -0.05) is 6.92 Å². The standard InChI is InChI=1S/C14H17N3O2S2/c1-3-10-4-9(5-12(18)16-10)14(19)15-6-11-7-21-13(17-11)8-20-2/h4-5,7H,3,6,8H2,1-2H3,(H,15,19)(H,16,18). The van der Waals surface area contributed by atoms with Gasteiger partial charge in [-0.2, -0.15) is 11.8 Å². The van der Waals surface area contributed by atoms with Gasteiger partial charge < -0.3 is 10.3 Å². The van der Waals surface area contributed by atoms with Gasteiger partial charge in [0.2, 0.25) is 5.56 Å². The van der Waals surface area contributed by atoms with Crippen molar-refractivity contribution in [2.45, 2.75) is 25.6 Å². The Labute approximate surface area is 131 Å². The van der Waals surface area contributed by atoms with E-state index < -0.39 is 0 Å². The molecule has 0 radical (unpaired) electrons. The fourth-order valence-corrected chi connectivity index (χ4v) is 3.33. The highest BCUT2D eigenvalue weighted by Crippen LogP contribution is 2.14. The van der Waals surface area contributed by atoms with E-state index in [2.05, 4.69) is 15.3 Å². The highest BCUT2D eigenvalue weighted by molar-refractivity contribution is 7.97. The minimum Gasteiger partial charge on any atom is -0.346 e. The molecule has 0 atom stereocenters. The van der Waals surface area contributed by atoms with Crippen molar-refractivity contribution in [2.75, 3.05) is 6.26 Å². The Morgan fingerprint density at radius 1 is 1.48 bits per heavy atom.